The summed E-state index contributed by atoms with van der Waals surface area (Å²) in [6.45, 7) is 16.4. The highest BCUT2D eigenvalue weighted by atomic mass is 16.5. The molecule has 0 aliphatic carbocycles. The van der Waals surface area contributed by atoms with E-state index in [4.69, 9.17) is 9.51 Å². The fourth-order valence-electron chi connectivity index (χ4n) is 3.14. The summed E-state index contributed by atoms with van der Waals surface area (Å²) >= 11 is 0. The third kappa shape index (κ3) is 4.03. The number of anilines is 1. The number of rotatable bonds is 5. The van der Waals surface area contributed by atoms with Gasteiger partial charge in [0.1, 0.15) is 11.6 Å². The van der Waals surface area contributed by atoms with Crippen LogP contribution < -0.4 is 4.90 Å². The van der Waals surface area contributed by atoms with E-state index >= 15 is 0 Å². The van der Waals surface area contributed by atoms with Gasteiger partial charge in [0.05, 0.1) is 6.04 Å². The van der Waals surface area contributed by atoms with E-state index in [1.165, 1.54) is 0 Å². The topological polar surface area (TPSA) is 71.2 Å². The Kier molecular flexibility index (Phi) is 5.55. The molecule has 26 heavy (non-hydrogen) atoms. The molecular weight excluding hydrogens is 328 g/mol. The van der Waals surface area contributed by atoms with Crippen molar-refractivity contribution in [2.45, 2.75) is 59.4 Å². The highest BCUT2D eigenvalue weighted by molar-refractivity contribution is 5.40. The van der Waals surface area contributed by atoms with Crippen molar-refractivity contribution < 1.29 is 4.52 Å². The number of aryl methyl sites for hydroxylation is 1. The molecule has 7 nitrogen and oxygen atoms in total. The maximum absolute atomic E-state index is 5.47. The smallest absolute Gasteiger partial charge is 0.243 e. The quantitative estimate of drug-likeness (QED) is 0.812. The van der Waals surface area contributed by atoms with Crippen molar-refractivity contribution in [1.82, 2.24) is 25.0 Å². The van der Waals surface area contributed by atoms with Crippen LogP contribution in [0, 0.1) is 6.92 Å². The lowest BCUT2D eigenvalue weighted by Gasteiger charge is -2.37. The zero-order chi connectivity index (χ0) is 18.8. The minimum Gasteiger partial charge on any atom is -0.354 e. The first-order valence-electron chi connectivity index (χ1n) is 9.53. The summed E-state index contributed by atoms with van der Waals surface area (Å²) in [5.74, 6) is 4.07. The van der Waals surface area contributed by atoms with Crippen LogP contribution in [-0.2, 0) is 0 Å². The SMILES string of the molecule is Cc1cc(N2CCN(C(C)c3nc(C(C)C)no3)CC2)nc(C(C)C)n1. The van der Waals surface area contributed by atoms with Crippen LogP contribution in [0.1, 0.15) is 75.7 Å². The standard InChI is InChI=1S/C19H30N6O/c1-12(2)17-20-14(5)11-16(21-17)25-9-7-24(8-10-25)15(6)19-22-18(13(3)4)23-26-19/h11-13,15H,7-10H2,1-6H3. The molecule has 0 saturated carbocycles. The van der Waals surface area contributed by atoms with Gasteiger partial charge in [0.25, 0.3) is 0 Å². The van der Waals surface area contributed by atoms with Gasteiger partial charge in [-0.1, -0.05) is 32.9 Å². The van der Waals surface area contributed by atoms with Gasteiger partial charge in [0.15, 0.2) is 5.82 Å². The highest BCUT2D eigenvalue weighted by Gasteiger charge is 2.27. The molecule has 0 spiro atoms. The first-order chi connectivity index (χ1) is 12.3. The van der Waals surface area contributed by atoms with E-state index in [0.29, 0.717) is 11.8 Å². The van der Waals surface area contributed by atoms with E-state index in [9.17, 15) is 0 Å². The van der Waals surface area contributed by atoms with Crippen molar-refractivity contribution in [1.29, 1.82) is 0 Å². The number of hydrogen-bond acceptors (Lipinski definition) is 7. The first-order valence-corrected chi connectivity index (χ1v) is 9.53. The second kappa shape index (κ2) is 7.70. The Morgan fingerprint density at radius 2 is 1.54 bits per heavy atom. The second-order valence-corrected chi connectivity index (χ2v) is 7.72. The molecular formula is C19H30N6O. The molecule has 1 unspecified atom stereocenters. The largest absolute Gasteiger partial charge is 0.354 e. The van der Waals surface area contributed by atoms with Gasteiger partial charge >= 0.3 is 0 Å². The van der Waals surface area contributed by atoms with Crippen LogP contribution in [-0.4, -0.2) is 51.2 Å². The van der Waals surface area contributed by atoms with Gasteiger partial charge in [-0.3, -0.25) is 4.90 Å². The molecule has 2 aromatic heterocycles. The monoisotopic (exact) mass is 358 g/mol. The molecule has 1 aliphatic rings. The summed E-state index contributed by atoms with van der Waals surface area (Å²) in [7, 11) is 0. The molecule has 0 amide bonds. The number of piperazine rings is 1. The number of aromatic nitrogens is 4. The van der Waals surface area contributed by atoms with Crippen LogP contribution in [0.2, 0.25) is 0 Å². The van der Waals surface area contributed by atoms with E-state index in [1.807, 2.05) is 6.92 Å². The summed E-state index contributed by atoms with van der Waals surface area (Å²) in [6.07, 6.45) is 0. The summed E-state index contributed by atoms with van der Waals surface area (Å²) in [5, 5.41) is 4.09. The van der Waals surface area contributed by atoms with E-state index in [2.05, 4.69) is 65.6 Å². The molecule has 3 heterocycles. The van der Waals surface area contributed by atoms with Crippen molar-refractivity contribution in [2.75, 3.05) is 31.1 Å². The molecule has 1 atom stereocenters. The molecule has 1 fully saturated rings. The Balaban J connectivity index is 1.65. The van der Waals surface area contributed by atoms with E-state index < -0.39 is 0 Å². The summed E-state index contributed by atoms with van der Waals surface area (Å²) in [6, 6.07) is 2.22. The van der Waals surface area contributed by atoms with Gasteiger partial charge in [-0.25, -0.2) is 9.97 Å². The van der Waals surface area contributed by atoms with Crippen LogP contribution in [0.5, 0.6) is 0 Å². The Bertz CT molecular complexity index is 733. The van der Waals surface area contributed by atoms with Crippen molar-refractivity contribution in [2.24, 2.45) is 0 Å². The lowest BCUT2D eigenvalue weighted by atomic mass is 10.2. The van der Waals surface area contributed by atoms with Crippen molar-refractivity contribution in [3.8, 4) is 0 Å². The predicted molar refractivity (Wildman–Crippen MR) is 101 cm³/mol. The Morgan fingerprint density at radius 1 is 0.885 bits per heavy atom. The minimum atomic E-state index is 0.135. The molecule has 2 aromatic rings. The van der Waals surface area contributed by atoms with Gasteiger partial charge in [0.2, 0.25) is 5.89 Å². The van der Waals surface area contributed by atoms with Crippen LogP contribution in [0.4, 0.5) is 5.82 Å². The highest BCUT2D eigenvalue weighted by Crippen LogP contribution is 2.24. The average molecular weight is 358 g/mol. The van der Waals surface area contributed by atoms with Gasteiger partial charge in [-0.05, 0) is 13.8 Å². The van der Waals surface area contributed by atoms with E-state index in [0.717, 1.165) is 49.3 Å². The van der Waals surface area contributed by atoms with Gasteiger partial charge < -0.3 is 9.42 Å². The predicted octanol–water partition coefficient (Wildman–Crippen LogP) is 3.30. The zero-order valence-corrected chi connectivity index (χ0v) is 16.7. The van der Waals surface area contributed by atoms with Crippen molar-refractivity contribution in [3.63, 3.8) is 0 Å². The molecule has 1 saturated heterocycles. The lowest BCUT2D eigenvalue weighted by molar-refractivity contribution is 0.164. The van der Waals surface area contributed by atoms with Crippen LogP contribution in [0.25, 0.3) is 0 Å². The molecule has 0 N–H and O–H groups in total. The van der Waals surface area contributed by atoms with Crippen molar-refractivity contribution >= 4 is 5.82 Å². The molecule has 0 bridgehead atoms. The second-order valence-electron chi connectivity index (χ2n) is 7.72. The normalized spacial score (nSPS) is 17.3. The van der Waals surface area contributed by atoms with Crippen molar-refractivity contribution in [3.05, 3.63) is 29.3 Å². The Hall–Kier alpha value is -2.02. The molecule has 1 aliphatic heterocycles. The first kappa shape index (κ1) is 18.8. The Labute approximate surface area is 155 Å². The summed E-state index contributed by atoms with van der Waals surface area (Å²) in [4.78, 5) is 18.6. The van der Waals surface area contributed by atoms with Gasteiger partial charge in [-0.2, -0.15) is 4.98 Å². The third-order valence-electron chi connectivity index (χ3n) is 4.89. The average Bonchev–Trinajstić information content (AvgIpc) is 3.11. The van der Waals surface area contributed by atoms with E-state index in [1.54, 1.807) is 0 Å². The molecule has 3 rings (SSSR count). The van der Waals surface area contributed by atoms with Gasteiger partial charge in [0, 0.05) is 49.8 Å². The minimum absolute atomic E-state index is 0.135. The number of hydrogen-bond donors (Lipinski definition) is 0. The maximum Gasteiger partial charge on any atom is 0.243 e. The van der Waals surface area contributed by atoms with Crippen LogP contribution >= 0.6 is 0 Å². The molecule has 0 aromatic carbocycles. The summed E-state index contributed by atoms with van der Waals surface area (Å²) < 4.78 is 5.47. The summed E-state index contributed by atoms with van der Waals surface area (Å²) in [5.41, 5.74) is 1.03. The van der Waals surface area contributed by atoms with Crippen LogP contribution in [0.15, 0.2) is 10.6 Å². The fourth-order valence-corrected chi connectivity index (χ4v) is 3.14. The fraction of sp³-hybridized carbons (Fsp3) is 0.684. The molecule has 7 heteroatoms. The molecule has 0 radical (unpaired) electrons. The number of nitrogens with zero attached hydrogens (tertiary/aromatic N) is 6. The zero-order valence-electron chi connectivity index (χ0n) is 16.7. The third-order valence-corrected chi connectivity index (χ3v) is 4.89. The lowest BCUT2D eigenvalue weighted by Crippen LogP contribution is -2.47. The Morgan fingerprint density at radius 3 is 2.12 bits per heavy atom. The van der Waals surface area contributed by atoms with Crippen LogP contribution in [0.3, 0.4) is 0 Å². The van der Waals surface area contributed by atoms with Gasteiger partial charge in [-0.15, -0.1) is 0 Å². The maximum atomic E-state index is 5.47. The van der Waals surface area contributed by atoms with E-state index in [-0.39, 0.29) is 12.0 Å². The molecule has 142 valence electrons.